The monoisotopic (exact) mass is 322 g/mol. The lowest BCUT2D eigenvalue weighted by molar-refractivity contribution is 0.620. The number of anilines is 1. The minimum Gasteiger partial charge on any atom is -0.368 e. The largest absolute Gasteiger partial charge is 0.368 e. The average molecular weight is 323 g/mol. The smallest absolute Gasteiger partial charge is 0.166 e. The van der Waals surface area contributed by atoms with Gasteiger partial charge in [0.15, 0.2) is 11.6 Å². The third kappa shape index (κ3) is 4.03. The number of hydrogen-bond donors (Lipinski definition) is 1. The SMILES string of the molecule is CC(CCNc1ncc(Br)cc1F)c1ccccc1. The van der Waals surface area contributed by atoms with Crippen LogP contribution in [-0.2, 0) is 0 Å². The first-order chi connectivity index (χ1) is 9.16. The Morgan fingerprint density at radius 3 is 2.74 bits per heavy atom. The van der Waals surface area contributed by atoms with Crippen molar-refractivity contribution in [2.45, 2.75) is 19.3 Å². The van der Waals surface area contributed by atoms with Crippen molar-refractivity contribution in [2.24, 2.45) is 0 Å². The van der Waals surface area contributed by atoms with E-state index in [1.807, 2.05) is 18.2 Å². The second-order valence-corrected chi connectivity index (χ2v) is 5.43. The van der Waals surface area contributed by atoms with Crippen LogP contribution < -0.4 is 5.32 Å². The van der Waals surface area contributed by atoms with Gasteiger partial charge in [-0.05, 0) is 39.9 Å². The number of nitrogens with zero attached hydrogens (tertiary/aromatic N) is 1. The van der Waals surface area contributed by atoms with Crippen molar-refractivity contribution >= 4 is 21.7 Å². The predicted molar refractivity (Wildman–Crippen MR) is 79.9 cm³/mol. The summed E-state index contributed by atoms with van der Waals surface area (Å²) < 4.78 is 14.2. The third-order valence-electron chi connectivity index (χ3n) is 3.05. The van der Waals surface area contributed by atoms with Gasteiger partial charge in [0.25, 0.3) is 0 Å². The molecule has 19 heavy (non-hydrogen) atoms. The Kier molecular flexibility index (Phi) is 4.91. The number of aromatic nitrogens is 1. The fraction of sp³-hybridized carbons (Fsp3) is 0.267. The molecule has 0 aliphatic rings. The molecule has 1 heterocycles. The molecule has 2 aromatic rings. The molecule has 1 unspecified atom stereocenters. The minimum atomic E-state index is -0.332. The van der Waals surface area contributed by atoms with E-state index in [0.717, 1.165) is 6.42 Å². The van der Waals surface area contributed by atoms with E-state index in [4.69, 9.17) is 0 Å². The Bertz CT molecular complexity index is 531. The summed E-state index contributed by atoms with van der Waals surface area (Å²) in [6, 6.07) is 11.7. The molecule has 4 heteroatoms. The molecule has 0 radical (unpaired) electrons. The lowest BCUT2D eigenvalue weighted by Gasteiger charge is -2.13. The molecule has 1 N–H and O–H groups in total. The van der Waals surface area contributed by atoms with Gasteiger partial charge in [0.05, 0.1) is 0 Å². The molecule has 100 valence electrons. The van der Waals surface area contributed by atoms with Crippen molar-refractivity contribution in [1.29, 1.82) is 0 Å². The Labute approximate surface area is 121 Å². The van der Waals surface area contributed by atoms with E-state index < -0.39 is 0 Å². The summed E-state index contributed by atoms with van der Waals surface area (Å²) in [5, 5.41) is 3.03. The van der Waals surface area contributed by atoms with Crippen molar-refractivity contribution in [3.05, 3.63) is 58.4 Å². The number of nitrogens with one attached hydrogen (secondary N) is 1. The van der Waals surface area contributed by atoms with Crippen molar-refractivity contribution in [3.63, 3.8) is 0 Å². The Balaban J connectivity index is 1.86. The molecule has 0 aliphatic heterocycles. The maximum atomic E-state index is 13.5. The molecule has 1 aromatic heterocycles. The van der Waals surface area contributed by atoms with Crippen LogP contribution in [0.2, 0.25) is 0 Å². The van der Waals surface area contributed by atoms with Gasteiger partial charge in [-0.3, -0.25) is 0 Å². The third-order valence-corrected chi connectivity index (χ3v) is 3.48. The molecule has 1 atom stereocenters. The standard InChI is InChI=1S/C15H16BrFN2/c1-11(12-5-3-2-4-6-12)7-8-18-15-14(17)9-13(16)10-19-15/h2-6,9-11H,7-8H2,1H3,(H,18,19). The second-order valence-electron chi connectivity index (χ2n) is 4.51. The summed E-state index contributed by atoms with van der Waals surface area (Å²) >= 11 is 3.19. The summed E-state index contributed by atoms with van der Waals surface area (Å²) in [5.41, 5.74) is 1.30. The van der Waals surface area contributed by atoms with Crippen molar-refractivity contribution < 1.29 is 4.39 Å². The number of halogens is 2. The van der Waals surface area contributed by atoms with E-state index in [1.54, 1.807) is 6.20 Å². The van der Waals surface area contributed by atoms with Crippen LogP contribution in [0.5, 0.6) is 0 Å². The van der Waals surface area contributed by atoms with Gasteiger partial charge in [0, 0.05) is 17.2 Å². The summed E-state index contributed by atoms with van der Waals surface area (Å²) in [4.78, 5) is 4.01. The minimum absolute atomic E-state index is 0.309. The zero-order valence-electron chi connectivity index (χ0n) is 10.7. The number of pyridine rings is 1. The normalized spacial score (nSPS) is 12.2. The molecule has 0 amide bonds. The van der Waals surface area contributed by atoms with Crippen LogP contribution in [0.25, 0.3) is 0 Å². The Morgan fingerprint density at radius 1 is 1.32 bits per heavy atom. The van der Waals surface area contributed by atoms with Crippen LogP contribution in [0.1, 0.15) is 24.8 Å². The molecule has 0 spiro atoms. The highest BCUT2D eigenvalue weighted by Gasteiger charge is 2.07. The van der Waals surface area contributed by atoms with Gasteiger partial charge in [0.1, 0.15) is 0 Å². The average Bonchev–Trinajstić information content (AvgIpc) is 2.42. The van der Waals surface area contributed by atoms with E-state index in [2.05, 4.69) is 45.3 Å². The van der Waals surface area contributed by atoms with Crippen LogP contribution in [0.15, 0.2) is 47.1 Å². The maximum Gasteiger partial charge on any atom is 0.166 e. The van der Waals surface area contributed by atoms with Gasteiger partial charge in [0.2, 0.25) is 0 Å². The van der Waals surface area contributed by atoms with E-state index in [-0.39, 0.29) is 5.82 Å². The molecular formula is C15H16BrFN2. The van der Waals surface area contributed by atoms with Crippen molar-refractivity contribution in [3.8, 4) is 0 Å². The maximum absolute atomic E-state index is 13.5. The molecule has 2 nitrogen and oxygen atoms in total. The number of hydrogen-bond acceptors (Lipinski definition) is 2. The predicted octanol–water partition coefficient (Wildman–Crippen LogP) is 4.59. The van der Waals surface area contributed by atoms with Gasteiger partial charge >= 0.3 is 0 Å². The second kappa shape index (κ2) is 6.66. The molecule has 0 bridgehead atoms. The summed E-state index contributed by atoms with van der Waals surface area (Å²) in [7, 11) is 0. The number of rotatable bonds is 5. The lowest BCUT2D eigenvalue weighted by atomic mass is 9.98. The highest BCUT2D eigenvalue weighted by atomic mass is 79.9. The van der Waals surface area contributed by atoms with Gasteiger partial charge in [-0.25, -0.2) is 9.37 Å². The van der Waals surface area contributed by atoms with Gasteiger partial charge in [-0.2, -0.15) is 0 Å². The molecule has 0 fully saturated rings. The fourth-order valence-corrected chi connectivity index (χ4v) is 2.20. The molecule has 2 rings (SSSR count). The van der Waals surface area contributed by atoms with E-state index >= 15 is 0 Å². The van der Waals surface area contributed by atoms with E-state index in [9.17, 15) is 4.39 Å². The van der Waals surface area contributed by atoms with Gasteiger partial charge in [-0.1, -0.05) is 37.3 Å². The van der Waals surface area contributed by atoms with Crippen LogP contribution in [0.4, 0.5) is 10.2 Å². The first-order valence-electron chi connectivity index (χ1n) is 6.26. The zero-order chi connectivity index (χ0) is 13.7. The van der Waals surface area contributed by atoms with Crippen LogP contribution >= 0.6 is 15.9 Å². The lowest BCUT2D eigenvalue weighted by Crippen LogP contribution is -2.08. The topological polar surface area (TPSA) is 24.9 Å². The summed E-state index contributed by atoms with van der Waals surface area (Å²) in [6.45, 7) is 2.87. The molecular weight excluding hydrogens is 307 g/mol. The molecule has 1 aromatic carbocycles. The first-order valence-corrected chi connectivity index (χ1v) is 7.06. The van der Waals surface area contributed by atoms with Gasteiger partial charge in [-0.15, -0.1) is 0 Å². The van der Waals surface area contributed by atoms with Gasteiger partial charge < -0.3 is 5.32 Å². The summed E-state index contributed by atoms with van der Waals surface area (Å²) in [6.07, 6.45) is 2.52. The van der Waals surface area contributed by atoms with Crippen LogP contribution in [0, 0.1) is 5.82 Å². The fourth-order valence-electron chi connectivity index (χ4n) is 1.90. The van der Waals surface area contributed by atoms with Crippen LogP contribution in [-0.4, -0.2) is 11.5 Å². The van der Waals surface area contributed by atoms with Crippen molar-refractivity contribution in [1.82, 2.24) is 4.98 Å². The highest BCUT2D eigenvalue weighted by Crippen LogP contribution is 2.20. The van der Waals surface area contributed by atoms with Crippen molar-refractivity contribution in [2.75, 3.05) is 11.9 Å². The summed E-state index contributed by atoms with van der Waals surface area (Å²) in [5.74, 6) is 0.414. The van der Waals surface area contributed by atoms with Crippen LogP contribution in [0.3, 0.4) is 0 Å². The molecule has 0 saturated heterocycles. The molecule has 0 saturated carbocycles. The first kappa shape index (κ1) is 14.0. The van der Waals surface area contributed by atoms with E-state index in [1.165, 1.54) is 11.6 Å². The Hall–Kier alpha value is -1.42. The molecule has 0 aliphatic carbocycles. The highest BCUT2D eigenvalue weighted by molar-refractivity contribution is 9.10. The Morgan fingerprint density at radius 2 is 2.05 bits per heavy atom. The number of benzene rings is 1. The van der Waals surface area contributed by atoms with E-state index in [0.29, 0.717) is 22.8 Å². The quantitative estimate of drug-likeness (QED) is 0.870. The zero-order valence-corrected chi connectivity index (χ0v) is 12.3.